The first kappa shape index (κ1) is 21.7. The van der Waals surface area contributed by atoms with E-state index in [2.05, 4.69) is 28.9 Å². The summed E-state index contributed by atoms with van der Waals surface area (Å²) in [5, 5.41) is 0. The van der Waals surface area contributed by atoms with Crippen LogP contribution in [0.25, 0.3) is 0 Å². The molecule has 33 heavy (non-hydrogen) atoms. The predicted octanol–water partition coefficient (Wildman–Crippen LogP) is 2.92. The number of hydrogen-bond donors (Lipinski definition) is 0. The number of likely N-dealkylation sites (tertiary alicyclic amines) is 1. The lowest BCUT2D eigenvalue weighted by atomic mass is 9.85. The van der Waals surface area contributed by atoms with Gasteiger partial charge in [0, 0.05) is 39.1 Å². The lowest BCUT2D eigenvalue weighted by Crippen LogP contribution is -2.55. The van der Waals surface area contributed by atoms with Crippen LogP contribution in [0.3, 0.4) is 0 Å². The number of urea groups is 1. The lowest BCUT2D eigenvalue weighted by molar-refractivity contribution is -0.135. The third-order valence-corrected chi connectivity index (χ3v) is 7.14. The molecule has 0 bridgehead atoms. The van der Waals surface area contributed by atoms with Gasteiger partial charge in [0.1, 0.15) is 5.54 Å². The first-order valence-electron chi connectivity index (χ1n) is 11.6. The number of rotatable bonds is 6. The van der Waals surface area contributed by atoms with E-state index in [1.807, 2.05) is 18.2 Å². The highest BCUT2D eigenvalue weighted by Gasteiger charge is 2.56. The molecule has 1 atom stereocenters. The Balaban J connectivity index is 1.18. The minimum Gasteiger partial charge on any atom is -0.454 e. The van der Waals surface area contributed by atoms with Gasteiger partial charge in [0.2, 0.25) is 6.79 Å². The number of benzene rings is 1. The highest BCUT2D eigenvalue weighted by Crippen LogP contribution is 2.37. The van der Waals surface area contributed by atoms with Crippen LogP contribution < -0.4 is 9.47 Å². The minimum absolute atomic E-state index is 0.0769. The molecule has 0 unspecified atom stereocenters. The predicted molar refractivity (Wildman–Crippen MR) is 122 cm³/mol. The number of piperidine rings is 1. The van der Waals surface area contributed by atoms with Crippen LogP contribution in [0.15, 0.2) is 42.7 Å². The number of nitrogens with zero attached hydrogens (tertiary/aromatic N) is 4. The zero-order chi connectivity index (χ0) is 23.0. The van der Waals surface area contributed by atoms with E-state index in [1.165, 1.54) is 10.5 Å². The quantitative estimate of drug-likeness (QED) is 0.630. The maximum Gasteiger partial charge on any atom is 0.327 e. The SMILES string of the molecule is C[C@H](Cc1ccc2c(c1)OCO2)CN1CCC2(CC1)C(=O)N(Cc1cccnc1)C(=O)N2C. The molecule has 1 aromatic carbocycles. The van der Waals surface area contributed by atoms with Crippen molar-refractivity contribution in [2.45, 2.75) is 38.3 Å². The molecule has 3 amide bonds. The molecule has 1 aromatic heterocycles. The summed E-state index contributed by atoms with van der Waals surface area (Å²) < 4.78 is 10.9. The molecular weight excluding hydrogens is 420 g/mol. The van der Waals surface area contributed by atoms with E-state index in [4.69, 9.17) is 9.47 Å². The van der Waals surface area contributed by atoms with Gasteiger partial charge in [-0.15, -0.1) is 0 Å². The van der Waals surface area contributed by atoms with Crippen molar-refractivity contribution in [3.05, 3.63) is 53.9 Å². The van der Waals surface area contributed by atoms with Crippen molar-refractivity contribution in [1.29, 1.82) is 0 Å². The second-order valence-electron chi connectivity index (χ2n) is 9.42. The number of hydrogen-bond acceptors (Lipinski definition) is 6. The maximum atomic E-state index is 13.4. The molecule has 8 nitrogen and oxygen atoms in total. The Kier molecular flexibility index (Phi) is 5.70. The van der Waals surface area contributed by atoms with Gasteiger partial charge < -0.3 is 19.3 Å². The Hall–Kier alpha value is -3.13. The van der Waals surface area contributed by atoms with Crippen LogP contribution in [-0.2, 0) is 17.8 Å². The standard InChI is InChI=1S/C25H30N4O4/c1-18(12-19-5-6-21-22(13-19)33-17-32-21)15-28-10-7-25(8-11-28)23(30)29(24(31)27(25)2)16-20-4-3-9-26-14-20/h3-6,9,13-14,18H,7-8,10-12,15-17H2,1-2H3/t18-/m1/s1. The number of aromatic nitrogens is 1. The van der Waals surface area contributed by atoms with Crippen molar-refractivity contribution >= 4 is 11.9 Å². The van der Waals surface area contributed by atoms with E-state index in [0.29, 0.717) is 25.6 Å². The van der Waals surface area contributed by atoms with Gasteiger partial charge in [0.05, 0.1) is 6.54 Å². The number of carbonyl (C=O) groups is 2. The van der Waals surface area contributed by atoms with Crippen LogP contribution in [0.2, 0.25) is 0 Å². The molecule has 3 aliphatic rings. The van der Waals surface area contributed by atoms with Crippen molar-refractivity contribution in [2.24, 2.45) is 5.92 Å². The highest BCUT2D eigenvalue weighted by atomic mass is 16.7. The smallest absolute Gasteiger partial charge is 0.327 e. The molecule has 2 aromatic rings. The number of ether oxygens (including phenoxy) is 2. The fraction of sp³-hybridized carbons (Fsp3) is 0.480. The van der Waals surface area contributed by atoms with E-state index in [0.717, 1.165) is 43.1 Å². The van der Waals surface area contributed by atoms with Crippen LogP contribution in [0.4, 0.5) is 4.79 Å². The zero-order valence-electron chi connectivity index (χ0n) is 19.2. The molecular formula is C25H30N4O4. The normalized spacial score (nSPS) is 20.7. The first-order valence-corrected chi connectivity index (χ1v) is 11.6. The van der Waals surface area contributed by atoms with Gasteiger partial charge in [-0.05, 0) is 54.5 Å². The molecule has 8 heteroatoms. The van der Waals surface area contributed by atoms with Gasteiger partial charge in [0.25, 0.3) is 5.91 Å². The summed E-state index contributed by atoms with van der Waals surface area (Å²) >= 11 is 0. The summed E-state index contributed by atoms with van der Waals surface area (Å²) in [6.45, 7) is 5.37. The largest absolute Gasteiger partial charge is 0.454 e. The Morgan fingerprint density at radius 3 is 2.64 bits per heavy atom. The number of fused-ring (bicyclic) bond motifs is 1. The summed E-state index contributed by atoms with van der Waals surface area (Å²) in [5.41, 5.74) is 1.37. The number of pyridine rings is 1. The van der Waals surface area contributed by atoms with Crippen LogP contribution in [0.5, 0.6) is 11.5 Å². The monoisotopic (exact) mass is 450 g/mol. The van der Waals surface area contributed by atoms with Crippen molar-refractivity contribution < 1.29 is 19.1 Å². The molecule has 0 radical (unpaired) electrons. The van der Waals surface area contributed by atoms with Crippen molar-refractivity contribution in [3.63, 3.8) is 0 Å². The molecule has 2 saturated heterocycles. The average molecular weight is 451 g/mol. The molecule has 5 rings (SSSR count). The molecule has 174 valence electrons. The number of carbonyl (C=O) groups excluding carboxylic acids is 2. The number of likely N-dealkylation sites (N-methyl/N-ethyl adjacent to an activating group) is 1. The Labute approximate surface area is 194 Å². The topological polar surface area (TPSA) is 75.2 Å². The van der Waals surface area contributed by atoms with E-state index in [1.54, 1.807) is 24.3 Å². The third kappa shape index (κ3) is 4.04. The molecule has 0 N–H and O–H groups in total. The van der Waals surface area contributed by atoms with Gasteiger partial charge >= 0.3 is 6.03 Å². The minimum atomic E-state index is -0.726. The average Bonchev–Trinajstić information content (AvgIpc) is 3.35. The summed E-state index contributed by atoms with van der Waals surface area (Å²) in [4.78, 5) is 35.9. The fourth-order valence-electron chi connectivity index (χ4n) is 5.29. The first-order chi connectivity index (χ1) is 16.0. The number of amides is 3. The van der Waals surface area contributed by atoms with Crippen LogP contribution in [0.1, 0.15) is 30.9 Å². The van der Waals surface area contributed by atoms with Crippen molar-refractivity contribution in [3.8, 4) is 11.5 Å². The Morgan fingerprint density at radius 1 is 1.09 bits per heavy atom. The highest BCUT2D eigenvalue weighted by molar-refractivity contribution is 6.06. The second-order valence-corrected chi connectivity index (χ2v) is 9.42. The van der Waals surface area contributed by atoms with Crippen LogP contribution in [-0.4, -0.2) is 70.6 Å². The van der Waals surface area contributed by atoms with E-state index < -0.39 is 5.54 Å². The molecule has 2 fully saturated rings. The summed E-state index contributed by atoms with van der Waals surface area (Å²) in [7, 11) is 1.77. The summed E-state index contributed by atoms with van der Waals surface area (Å²) in [6, 6.07) is 9.65. The summed E-state index contributed by atoms with van der Waals surface area (Å²) in [6.07, 6.45) is 5.67. The van der Waals surface area contributed by atoms with E-state index in [-0.39, 0.29) is 18.5 Å². The van der Waals surface area contributed by atoms with Crippen LogP contribution >= 0.6 is 0 Å². The Bertz CT molecular complexity index is 1040. The lowest BCUT2D eigenvalue weighted by Gasteiger charge is -2.41. The van der Waals surface area contributed by atoms with Gasteiger partial charge in [-0.25, -0.2) is 4.79 Å². The molecule has 1 spiro atoms. The Morgan fingerprint density at radius 2 is 1.88 bits per heavy atom. The van der Waals surface area contributed by atoms with Gasteiger partial charge in [-0.1, -0.05) is 19.1 Å². The van der Waals surface area contributed by atoms with Gasteiger partial charge in [-0.2, -0.15) is 0 Å². The molecule has 3 aliphatic heterocycles. The van der Waals surface area contributed by atoms with Gasteiger partial charge in [0.15, 0.2) is 11.5 Å². The second kappa shape index (κ2) is 8.67. The third-order valence-electron chi connectivity index (χ3n) is 7.14. The zero-order valence-corrected chi connectivity index (χ0v) is 19.2. The summed E-state index contributed by atoms with van der Waals surface area (Å²) in [5.74, 6) is 2.01. The molecule has 0 aliphatic carbocycles. The van der Waals surface area contributed by atoms with Crippen molar-refractivity contribution in [1.82, 2.24) is 19.7 Å². The van der Waals surface area contributed by atoms with E-state index >= 15 is 0 Å². The van der Waals surface area contributed by atoms with Gasteiger partial charge in [-0.3, -0.25) is 14.7 Å². The maximum absolute atomic E-state index is 13.4. The fourth-order valence-corrected chi connectivity index (χ4v) is 5.29. The molecule has 0 saturated carbocycles. The van der Waals surface area contributed by atoms with Crippen molar-refractivity contribution in [2.75, 3.05) is 33.5 Å². The molecule has 4 heterocycles. The van der Waals surface area contributed by atoms with Crippen LogP contribution in [0, 0.1) is 5.92 Å². The van der Waals surface area contributed by atoms with E-state index in [9.17, 15) is 9.59 Å². The number of imide groups is 1.